The van der Waals surface area contributed by atoms with Gasteiger partial charge in [-0.05, 0) is 69.8 Å². The molecule has 1 aliphatic heterocycles. The summed E-state index contributed by atoms with van der Waals surface area (Å²) < 4.78 is 5.93. The minimum absolute atomic E-state index is 0.0689. The molecule has 0 bridgehead atoms. The molecule has 2 N–H and O–H groups in total. The number of amides is 1. The normalized spacial score (nSPS) is 26.0. The van der Waals surface area contributed by atoms with Crippen molar-refractivity contribution >= 4 is 11.6 Å². The molecule has 1 aromatic carbocycles. The number of nitrogens with one attached hydrogen (secondary N) is 2. The Balaban J connectivity index is 1.55. The van der Waals surface area contributed by atoms with Crippen LogP contribution in [0, 0.1) is 5.92 Å². The van der Waals surface area contributed by atoms with Crippen LogP contribution in [-0.4, -0.2) is 24.6 Å². The summed E-state index contributed by atoms with van der Waals surface area (Å²) in [7, 11) is 0. The smallest absolute Gasteiger partial charge is 0.229 e. The SMILES string of the molecule is CC1NCCC1C(=O)Nc1ccc(OC2CCCC2)cc1. The van der Waals surface area contributed by atoms with Crippen molar-refractivity contribution in [1.82, 2.24) is 5.32 Å². The Kier molecular flexibility index (Phi) is 4.44. The van der Waals surface area contributed by atoms with Crippen LogP contribution in [0.2, 0.25) is 0 Å². The Bertz CT molecular complexity index is 480. The lowest BCUT2D eigenvalue weighted by atomic mass is 10.0. The molecule has 1 saturated carbocycles. The Morgan fingerprint density at radius 3 is 2.52 bits per heavy atom. The summed E-state index contributed by atoms with van der Waals surface area (Å²) in [6.07, 6.45) is 6.14. The molecule has 1 saturated heterocycles. The van der Waals surface area contributed by atoms with Crippen LogP contribution in [0.3, 0.4) is 0 Å². The Morgan fingerprint density at radius 1 is 1.19 bits per heavy atom. The molecule has 4 nitrogen and oxygen atoms in total. The van der Waals surface area contributed by atoms with E-state index in [9.17, 15) is 4.79 Å². The fourth-order valence-electron chi connectivity index (χ4n) is 3.27. The molecule has 1 aliphatic carbocycles. The topological polar surface area (TPSA) is 50.4 Å². The van der Waals surface area contributed by atoms with Crippen LogP contribution < -0.4 is 15.4 Å². The van der Waals surface area contributed by atoms with Crippen molar-refractivity contribution in [3.05, 3.63) is 24.3 Å². The van der Waals surface area contributed by atoms with E-state index in [1.807, 2.05) is 24.3 Å². The van der Waals surface area contributed by atoms with Gasteiger partial charge in [-0.3, -0.25) is 4.79 Å². The van der Waals surface area contributed by atoms with Gasteiger partial charge < -0.3 is 15.4 Å². The number of hydrogen-bond acceptors (Lipinski definition) is 3. The van der Waals surface area contributed by atoms with Gasteiger partial charge in [0.15, 0.2) is 0 Å². The largest absolute Gasteiger partial charge is 0.490 e. The summed E-state index contributed by atoms with van der Waals surface area (Å²) in [5.74, 6) is 1.08. The van der Waals surface area contributed by atoms with Gasteiger partial charge in [0.1, 0.15) is 5.75 Å². The van der Waals surface area contributed by atoms with Crippen LogP contribution in [0.1, 0.15) is 39.0 Å². The highest BCUT2D eigenvalue weighted by Crippen LogP contribution is 2.25. The van der Waals surface area contributed by atoms with E-state index in [-0.39, 0.29) is 17.9 Å². The lowest BCUT2D eigenvalue weighted by Crippen LogP contribution is -2.32. The fourth-order valence-corrected chi connectivity index (χ4v) is 3.27. The standard InChI is InChI=1S/C17H24N2O2/c1-12-16(10-11-18-12)17(20)19-13-6-8-15(9-7-13)21-14-4-2-3-5-14/h6-9,12,14,16,18H,2-5,10-11H2,1H3,(H,19,20). The molecule has 2 atom stereocenters. The van der Waals surface area contributed by atoms with Crippen molar-refractivity contribution in [1.29, 1.82) is 0 Å². The second-order valence-electron chi connectivity index (χ2n) is 6.18. The molecule has 3 rings (SSSR count). The van der Waals surface area contributed by atoms with Gasteiger partial charge >= 0.3 is 0 Å². The van der Waals surface area contributed by atoms with E-state index in [0.717, 1.165) is 37.2 Å². The first-order chi connectivity index (χ1) is 10.2. The third kappa shape index (κ3) is 3.56. The molecule has 2 unspecified atom stereocenters. The van der Waals surface area contributed by atoms with Gasteiger partial charge in [0, 0.05) is 11.7 Å². The van der Waals surface area contributed by atoms with Gasteiger partial charge in [0.2, 0.25) is 5.91 Å². The van der Waals surface area contributed by atoms with Gasteiger partial charge in [-0.2, -0.15) is 0 Å². The molecular formula is C17H24N2O2. The fraction of sp³-hybridized carbons (Fsp3) is 0.588. The zero-order chi connectivity index (χ0) is 14.7. The first kappa shape index (κ1) is 14.4. The van der Waals surface area contributed by atoms with Crippen molar-refractivity contribution in [3.63, 3.8) is 0 Å². The molecule has 4 heteroatoms. The number of ether oxygens (including phenoxy) is 1. The Morgan fingerprint density at radius 2 is 1.90 bits per heavy atom. The summed E-state index contributed by atoms with van der Waals surface area (Å²) in [4.78, 5) is 12.2. The highest BCUT2D eigenvalue weighted by Gasteiger charge is 2.29. The number of hydrogen-bond donors (Lipinski definition) is 2. The van der Waals surface area contributed by atoms with Gasteiger partial charge in [0.05, 0.1) is 12.0 Å². The number of carbonyl (C=O) groups excluding carboxylic acids is 1. The average molecular weight is 288 g/mol. The molecular weight excluding hydrogens is 264 g/mol. The van der Waals surface area contributed by atoms with Gasteiger partial charge in [-0.25, -0.2) is 0 Å². The molecule has 0 spiro atoms. The van der Waals surface area contributed by atoms with Crippen LogP contribution in [0.25, 0.3) is 0 Å². The zero-order valence-electron chi connectivity index (χ0n) is 12.6. The minimum Gasteiger partial charge on any atom is -0.490 e. The van der Waals surface area contributed by atoms with E-state index in [4.69, 9.17) is 4.74 Å². The number of anilines is 1. The summed E-state index contributed by atoms with van der Waals surface area (Å²) in [6.45, 7) is 2.99. The van der Waals surface area contributed by atoms with E-state index in [2.05, 4.69) is 17.6 Å². The minimum atomic E-state index is 0.0689. The highest BCUT2D eigenvalue weighted by atomic mass is 16.5. The first-order valence-electron chi connectivity index (χ1n) is 8.03. The lowest BCUT2D eigenvalue weighted by Gasteiger charge is -2.16. The second kappa shape index (κ2) is 6.48. The monoisotopic (exact) mass is 288 g/mol. The van der Waals surface area contributed by atoms with E-state index < -0.39 is 0 Å². The van der Waals surface area contributed by atoms with Crippen molar-refractivity contribution in [2.24, 2.45) is 5.92 Å². The summed E-state index contributed by atoms with van der Waals surface area (Å²) in [6, 6.07) is 8.01. The van der Waals surface area contributed by atoms with Crippen LogP contribution in [-0.2, 0) is 4.79 Å². The third-order valence-electron chi connectivity index (χ3n) is 4.59. The molecule has 2 aliphatic rings. The van der Waals surface area contributed by atoms with Crippen LogP contribution in [0.4, 0.5) is 5.69 Å². The van der Waals surface area contributed by atoms with Crippen molar-refractivity contribution in [3.8, 4) is 5.75 Å². The molecule has 1 heterocycles. The van der Waals surface area contributed by atoms with Crippen molar-refractivity contribution in [2.75, 3.05) is 11.9 Å². The van der Waals surface area contributed by atoms with E-state index in [1.165, 1.54) is 12.8 Å². The van der Waals surface area contributed by atoms with Crippen LogP contribution >= 0.6 is 0 Å². The van der Waals surface area contributed by atoms with Crippen LogP contribution in [0.5, 0.6) is 5.75 Å². The zero-order valence-corrected chi connectivity index (χ0v) is 12.6. The van der Waals surface area contributed by atoms with Gasteiger partial charge in [0.25, 0.3) is 0 Å². The number of carbonyl (C=O) groups is 1. The summed E-state index contributed by atoms with van der Waals surface area (Å²) in [5, 5.41) is 6.31. The number of rotatable bonds is 4. The quantitative estimate of drug-likeness (QED) is 0.895. The molecule has 21 heavy (non-hydrogen) atoms. The van der Waals surface area contributed by atoms with Crippen molar-refractivity contribution < 1.29 is 9.53 Å². The molecule has 0 aromatic heterocycles. The Labute approximate surface area is 126 Å². The number of benzene rings is 1. The maximum atomic E-state index is 12.2. The molecule has 1 aromatic rings. The molecule has 2 fully saturated rings. The van der Waals surface area contributed by atoms with Crippen LogP contribution in [0.15, 0.2) is 24.3 Å². The highest BCUT2D eigenvalue weighted by molar-refractivity contribution is 5.93. The Hall–Kier alpha value is -1.55. The predicted octanol–water partition coefficient (Wildman–Crippen LogP) is 2.94. The van der Waals surface area contributed by atoms with Gasteiger partial charge in [-0.15, -0.1) is 0 Å². The average Bonchev–Trinajstić information content (AvgIpc) is 3.12. The molecule has 1 amide bonds. The first-order valence-corrected chi connectivity index (χ1v) is 8.03. The van der Waals surface area contributed by atoms with E-state index in [1.54, 1.807) is 0 Å². The lowest BCUT2D eigenvalue weighted by molar-refractivity contribution is -0.120. The summed E-state index contributed by atoms with van der Waals surface area (Å²) >= 11 is 0. The van der Waals surface area contributed by atoms with Crippen molar-refractivity contribution in [2.45, 2.75) is 51.2 Å². The third-order valence-corrected chi connectivity index (χ3v) is 4.59. The maximum Gasteiger partial charge on any atom is 0.229 e. The maximum absolute atomic E-state index is 12.2. The van der Waals surface area contributed by atoms with Gasteiger partial charge in [-0.1, -0.05) is 0 Å². The predicted molar refractivity (Wildman–Crippen MR) is 83.5 cm³/mol. The second-order valence-corrected chi connectivity index (χ2v) is 6.18. The molecule has 0 radical (unpaired) electrons. The van der Waals surface area contributed by atoms with E-state index in [0.29, 0.717) is 6.10 Å². The summed E-state index contributed by atoms with van der Waals surface area (Å²) in [5.41, 5.74) is 0.845. The van der Waals surface area contributed by atoms with E-state index >= 15 is 0 Å². The molecule has 114 valence electrons.